The molecule has 3 nitrogen and oxygen atoms in total. The summed E-state index contributed by atoms with van der Waals surface area (Å²) in [4.78, 5) is 0. The van der Waals surface area contributed by atoms with Gasteiger partial charge in [-0.05, 0) is 0 Å². The van der Waals surface area contributed by atoms with Crippen molar-refractivity contribution in [3.8, 4) is 0 Å². The molecule has 0 aromatic rings. The van der Waals surface area contributed by atoms with E-state index in [-0.39, 0.29) is 11.0 Å². The summed E-state index contributed by atoms with van der Waals surface area (Å²) in [6, 6.07) is 0. The van der Waals surface area contributed by atoms with Crippen LogP contribution in [0.25, 0.3) is 0 Å². The molecule has 2 aliphatic heterocycles. The Bertz CT molecular complexity index is 87.1. The summed E-state index contributed by atoms with van der Waals surface area (Å²) in [5.41, 5.74) is 0. The molecule has 3 heteroatoms. The predicted octanol–water partition coefficient (Wildman–Crippen LogP) is 0.389. The van der Waals surface area contributed by atoms with Gasteiger partial charge in [-0.25, -0.2) is 0 Å². The Kier molecular flexibility index (Phi) is 4.00. The highest BCUT2D eigenvalue weighted by Gasteiger charge is 2.34. The van der Waals surface area contributed by atoms with Crippen LogP contribution in [-0.2, 0) is 0 Å². The van der Waals surface area contributed by atoms with E-state index in [9.17, 15) is 0 Å². The lowest BCUT2D eigenvalue weighted by molar-refractivity contribution is -0.904. The van der Waals surface area contributed by atoms with Gasteiger partial charge in [0.25, 0.3) is 0 Å². The van der Waals surface area contributed by atoms with Crippen LogP contribution in [0.3, 0.4) is 0 Å². The molecule has 11 heavy (non-hydrogen) atoms. The SMILES string of the molecule is C1CC[N+]2(C1)CCCC2.O.[OH-]. The van der Waals surface area contributed by atoms with Crippen LogP contribution in [0.15, 0.2) is 0 Å². The molecule has 0 aromatic carbocycles. The van der Waals surface area contributed by atoms with E-state index in [0.717, 1.165) is 0 Å². The van der Waals surface area contributed by atoms with Crippen LogP contribution in [0.1, 0.15) is 25.7 Å². The molecule has 0 unspecified atom stereocenters. The molecule has 0 aliphatic carbocycles. The first-order valence-corrected chi connectivity index (χ1v) is 4.26. The maximum Gasteiger partial charge on any atom is 0.0788 e. The molecule has 0 amide bonds. The molecule has 2 heterocycles. The second kappa shape index (κ2) is 4.04. The zero-order chi connectivity index (χ0) is 6.16. The predicted molar refractivity (Wildman–Crippen MR) is 43.7 cm³/mol. The Labute approximate surface area is 68.2 Å². The van der Waals surface area contributed by atoms with Crippen molar-refractivity contribution in [1.82, 2.24) is 0 Å². The van der Waals surface area contributed by atoms with Crippen LogP contribution in [-0.4, -0.2) is 41.6 Å². The fourth-order valence-electron chi connectivity index (χ4n) is 2.46. The molecule has 0 radical (unpaired) electrons. The summed E-state index contributed by atoms with van der Waals surface area (Å²) in [6.45, 7) is 6.00. The van der Waals surface area contributed by atoms with E-state index in [1.165, 1.54) is 56.3 Å². The van der Waals surface area contributed by atoms with Crippen molar-refractivity contribution in [2.75, 3.05) is 26.2 Å². The first-order chi connectivity index (χ1) is 4.41. The molecule has 0 saturated carbocycles. The zero-order valence-electron chi connectivity index (χ0n) is 7.05. The number of hydrogen-bond acceptors (Lipinski definition) is 1. The van der Waals surface area contributed by atoms with E-state index in [1.807, 2.05) is 0 Å². The van der Waals surface area contributed by atoms with Crippen LogP contribution in [0.5, 0.6) is 0 Å². The van der Waals surface area contributed by atoms with Crippen molar-refractivity contribution in [1.29, 1.82) is 0 Å². The van der Waals surface area contributed by atoms with Crippen molar-refractivity contribution >= 4 is 0 Å². The molecule has 2 fully saturated rings. The lowest BCUT2D eigenvalue weighted by Crippen LogP contribution is -2.41. The molecule has 2 saturated heterocycles. The normalized spacial score (nSPS) is 26.2. The van der Waals surface area contributed by atoms with E-state index in [0.29, 0.717) is 0 Å². The van der Waals surface area contributed by atoms with Gasteiger partial charge in [0, 0.05) is 25.7 Å². The summed E-state index contributed by atoms with van der Waals surface area (Å²) in [7, 11) is 0. The third kappa shape index (κ3) is 1.92. The van der Waals surface area contributed by atoms with Gasteiger partial charge < -0.3 is 15.4 Å². The fourth-order valence-corrected chi connectivity index (χ4v) is 2.46. The summed E-state index contributed by atoms with van der Waals surface area (Å²) >= 11 is 0. The Morgan fingerprint density at radius 1 is 0.636 bits per heavy atom. The van der Waals surface area contributed by atoms with E-state index in [1.54, 1.807) is 0 Å². The monoisotopic (exact) mass is 161 g/mol. The molecular weight excluding hydrogens is 142 g/mol. The molecule has 3 N–H and O–H groups in total. The zero-order valence-corrected chi connectivity index (χ0v) is 7.05. The molecule has 0 atom stereocenters. The fraction of sp³-hybridized carbons (Fsp3) is 1.00. The lowest BCUT2D eigenvalue weighted by atomic mass is 10.4. The van der Waals surface area contributed by atoms with Gasteiger partial charge in [-0.2, -0.15) is 0 Å². The van der Waals surface area contributed by atoms with Crippen molar-refractivity contribution < 1.29 is 15.4 Å². The Morgan fingerprint density at radius 3 is 1.18 bits per heavy atom. The van der Waals surface area contributed by atoms with Gasteiger partial charge in [0.05, 0.1) is 26.2 Å². The quantitative estimate of drug-likeness (QED) is 0.474. The van der Waals surface area contributed by atoms with Crippen molar-refractivity contribution in [3.63, 3.8) is 0 Å². The maximum atomic E-state index is 1.50. The first kappa shape index (κ1) is 10.9. The molecule has 1 spiro atoms. The lowest BCUT2D eigenvalue weighted by Gasteiger charge is -2.27. The summed E-state index contributed by atoms with van der Waals surface area (Å²) in [6.07, 6.45) is 6.00. The smallest absolute Gasteiger partial charge is 0.0788 e. The number of rotatable bonds is 0. The van der Waals surface area contributed by atoms with Gasteiger partial charge in [0.15, 0.2) is 0 Å². The van der Waals surface area contributed by atoms with Gasteiger partial charge in [-0.3, -0.25) is 0 Å². The van der Waals surface area contributed by atoms with E-state index < -0.39 is 0 Å². The van der Waals surface area contributed by atoms with Gasteiger partial charge in [-0.15, -0.1) is 0 Å². The van der Waals surface area contributed by atoms with Gasteiger partial charge in [-0.1, -0.05) is 0 Å². The van der Waals surface area contributed by atoms with Gasteiger partial charge in [0.1, 0.15) is 0 Å². The minimum Gasteiger partial charge on any atom is -0.870 e. The third-order valence-corrected chi connectivity index (χ3v) is 3.03. The minimum absolute atomic E-state index is 0. The van der Waals surface area contributed by atoms with Crippen LogP contribution in [0, 0.1) is 0 Å². The Hall–Kier alpha value is -0.120. The second-order valence-corrected chi connectivity index (χ2v) is 3.65. The third-order valence-electron chi connectivity index (χ3n) is 3.03. The highest BCUT2D eigenvalue weighted by Crippen LogP contribution is 2.25. The van der Waals surface area contributed by atoms with E-state index in [4.69, 9.17) is 0 Å². The number of nitrogens with zero attached hydrogens (tertiary/aromatic N) is 1. The highest BCUT2D eigenvalue weighted by atomic mass is 16.0. The highest BCUT2D eigenvalue weighted by molar-refractivity contribution is 4.60. The average Bonchev–Trinajstić information content (AvgIpc) is 2.45. The molecule has 0 aromatic heterocycles. The maximum absolute atomic E-state index is 1.50. The Morgan fingerprint density at radius 2 is 0.909 bits per heavy atom. The van der Waals surface area contributed by atoms with Crippen LogP contribution in [0.2, 0.25) is 0 Å². The Balaban J connectivity index is 0.000000500. The van der Waals surface area contributed by atoms with E-state index >= 15 is 0 Å². The van der Waals surface area contributed by atoms with Gasteiger partial charge in [0.2, 0.25) is 0 Å². The number of quaternary nitrogens is 1. The molecule has 68 valence electrons. The minimum atomic E-state index is 0. The summed E-state index contributed by atoms with van der Waals surface area (Å²) in [5.74, 6) is 0. The summed E-state index contributed by atoms with van der Waals surface area (Å²) < 4.78 is 1.50. The van der Waals surface area contributed by atoms with Crippen LogP contribution < -0.4 is 0 Å². The summed E-state index contributed by atoms with van der Waals surface area (Å²) in [5, 5.41) is 0. The second-order valence-electron chi connectivity index (χ2n) is 3.65. The average molecular weight is 161 g/mol. The van der Waals surface area contributed by atoms with Crippen molar-refractivity contribution in [2.45, 2.75) is 25.7 Å². The molecule has 0 bridgehead atoms. The molecule has 2 rings (SSSR count). The van der Waals surface area contributed by atoms with Crippen LogP contribution >= 0.6 is 0 Å². The first-order valence-electron chi connectivity index (χ1n) is 4.26. The van der Waals surface area contributed by atoms with Crippen molar-refractivity contribution in [3.05, 3.63) is 0 Å². The van der Waals surface area contributed by atoms with Crippen molar-refractivity contribution in [2.24, 2.45) is 0 Å². The molecule has 2 aliphatic rings. The molecular formula is C8H19NO2. The largest absolute Gasteiger partial charge is 0.870 e. The topological polar surface area (TPSA) is 61.5 Å². The van der Waals surface area contributed by atoms with Gasteiger partial charge >= 0.3 is 0 Å². The van der Waals surface area contributed by atoms with E-state index in [2.05, 4.69) is 0 Å². The van der Waals surface area contributed by atoms with Crippen LogP contribution in [0.4, 0.5) is 0 Å². The standard InChI is InChI=1S/C8H16N.2H2O/c1-2-6-9(5-1)7-3-4-8-9;;/h1-8H2;2*1H2/q+1;;/p-1. The number of hydrogen-bond donors (Lipinski definition) is 0.